The summed E-state index contributed by atoms with van der Waals surface area (Å²) in [6.45, 7) is 10.4. The second-order valence-corrected chi connectivity index (χ2v) is 9.84. The average molecular weight is 450 g/mol. The molecule has 1 atom stereocenters. The Kier molecular flexibility index (Phi) is 7.22. The minimum absolute atomic E-state index is 0.0654. The Bertz CT molecular complexity index is 923. The van der Waals surface area contributed by atoms with Crippen molar-refractivity contribution in [3.8, 4) is 5.75 Å². The van der Waals surface area contributed by atoms with E-state index in [1.807, 2.05) is 0 Å². The van der Waals surface area contributed by atoms with Crippen molar-refractivity contribution in [2.24, 2.45) is 5.16 Å². The van der Waals surface area contributed by atoms with Gasteiger partial charge >= 0.3 is 17.9 Å². The van der Waals surface area contributed by atoms with Crippen molar-refractivity contribution in [3.05, 3.63) is 29.3 Å². The Morgan fingerprint density at radius 2 is 1.62 bits per heavy atom. The quantitative estimate of drug-likeness (QED) is 0.606. The molecule has 2 rings (SSSR count). The van der Waals surface area contributed by atoms with Crippen LogP contribution in [-0.2, 0) is 35.1 Å². The van der Waals surface area contributed by atoms with Crippen LogP contribution in [0.3, 0.4) is 0 Å². The number of phenols is 1. The maximum absolute atomic E-state index is 12.2. The van der Waals surface area contributed by atoms with Crippen molar-refractivity contribution >= 4 is 23.6 Å². The lowest BCUT2D eigenvalue weighted by molar-refractivity contribution is -0.175. The summed E-state index contributed by atoms with van der Waals surface area (Å²) in [6, 6.07) is 4.62. The average Bonchev–Trinajstić information content (AvgIpc) is 3.02. The standard InChI is InChI=1S/C23H31NO8/c1-21(2,3)30-18(26)8-7-14-9-15(11-16(25)10-14)17-12-23(20(28)29,32-24-17)13-19(27)31-22(4,5)6/h9-11,25H,7-8,12-13H2,1-6H3,(H,28,29). The molecule has 0 amide bonds. The number of carbonyl (C=O) groups excluding carboxylic acids is 2. The predicted molar refractivity (Wildman–Crippen MR) is 115 cm³/mol. The van der Waals surface area contributed by atoms with Crippen molar-refractivity contribution in [2.75, 3.05) is 0 Å². The van der Waals surface area contributed by atoms with Crippen LogP contribution in [-0.4, -0.2) is 50.6 Å². The molecule has 32 heavy (non-hydrogen) atoms. The van der Waals surface area contributed by atoms with E-state index in [9.17, 15) is 24.6 Å². The first-order valence-corrected chi connectivity index (χ1v) is 10.3. The Morgan fingerprint density at radius 1 is 1.03 bits per heavy atom. The van der Waals surface area contributed by atoms with Crippen molar-refractivity contribution < 1.29 is 38.9 Å². The van der Waals surface area contributed by atoms with E-state index in [2.05, 4.69) is 5.16 Å². The van der Waals surface area contributed by atoms with Crippen LogP contribution in [0.25, 0.3) is 0 Å². The van der Waals surface area contributed by atoms with E-state index in [0.717, 1.165) is 0 Å². The predicted octanol–water partition coefficient (Wildman–Crippen LogP) is 3.35. The molecule has 0 aromatic heterocycles. The van der Waals surface area contributed by atoms with Crippen LogP contribution in [0.1, 0.15) is 71.9 Å². The highest BCUT2D eigenvalue weighted by Crippen LogP contribution is 2.33. The number of ether oxygens (including phenoxy) is 2. The number of aromatic hydroxyl groups is 1. The molecule has 2 N–H and O–H groups in total. The molecule has 0 radical (unpaired) electrons. The number of benzene rings is 1. The summed E-state index contributed by atoms with van der Waals surface area (Å²) in [7, 11) is 0. The number of oxime groups is 1. The van der Waals surface area contributed by atoms with E-state index < -0.39 is 35.2 Å². The van der Waals surface area contributed by atoms with E-state index in [1.165, 1.54) is 12.1 Å². The molecule has 0 saturated carbocycles. The number of phenolic OH excluding ortho intramolecular Hbond substituents is 1. The van der Waals surface area contributed by atoms with Gasteiger partial charge in [-0.25, -0.2) is 4.79 Å². The third-order valence-electron chi connectivity index (χ3n) is 4.37. The van der Waals surface area contributed by atoms with Gasteiger partial charge in [0.1, 0.15) is 17.0 Å². The zero-order valence-electron chi connectivity index (χ0n) is 19.4. The van der Waals surface area contributed by atoms with Gasteiger partial charge in [-0.15, -0.1) is 0 Å². The topological polar surface area (TPSA) is 132 Å². The minimum atomic E-state index is -1.89. The van der Waals surface area contributed by atoms with Gasteiger partial charge in [-0.05, 0) is 71.7 Å². The molecule has 0 fully saturated rings. The number of hydrogen-bond donors (Lipinski definition) is 2. The van der Waals surface area contributed by atoms with E-state index >= 15 is 0 Å². The van der Waals surface area contributed by atoms with Gasteiger partial charge in [0.05, 0.1) is 12.1 Å². The van der Waals surface area contributed by atoms with Crippen LogP contribution in [0.4, 0.5) is 0 Å². The molecule has 0 aliphatic carbocycles. The zero-order valence-corrected chi connectivity index (χ0v) is 19.4. The zero-order chi connectivity index (χ0) is 24.3. The summed E-state index contributed by atoms with van der Waals surface area (Å²) in [4.78, 5) is 41.3. The molecule has 9 heteroatoms. The van der Waals surface area contributed by atoms with Crippen LogP contribution in [0.5, 0.6) is 5.75 Å². The lowest BCUT2D eigenvalue weighted by atomic mass is 9.90. The maximum atomic E-state index is 12.2. The Hall–Kier alpha value is -3.10. The first kappa shape index (κ1) is 25.2. The SMILES string of the molecule is CC(C)(C)OC(=O)CCc1cc(O)cc(C2=NOC(CC(=O)OC(C)(C)C)(C(=O)O)C2)c1. The van der Waals surface area contributed by atoms with E-state index in [0.29, 0.717) is 17.5 Å². The lowest BCUT2D eigenvalue weighted by Gasteiger charge is -2.24. The summed E-state index contributed by atoms with van der Waals surface area (Å²) in [5.41, 5.74) is -1.89. The highest BCUT2D eigenvalue weighted by molar-refractivity contribution is 6.05. The number of aliphatic carboxylic acids is 1. The summed E-state index contributed by atoms with van der Waals surface area (Å²) in [6.07, 6.45) is -0.277. The number of nitrogens with zero attached hydrogens (tertiary/aromatic N) is 1. The Balaban J connectivity index is 2.14. The molecule has 176 valence electrons. The van der Waals surface area contributed by atoms with Crippen molar-refractivity contribution in [3.63, 3.8) is 0 Å². The number of rotatable bonds is 7. The molecule has 9 nitrogen and oxygen atoms in total. The van der Waals surface area contributed by atoms with E-state index in [-0.39, 0.29) is 30.3 Å². The van der Waals surface area contributed by atoms with Crippen molar-refractivity contribution in [1.29, 1.82) is 0 Å². The molecule has 0 saturated heterocycles. The number of esters is 2. The summed E-state index contributed by atoms with van der Waals surface area (Å²) < 4.78 is 10.5. The molecule has 1 aliphatic heterocycles. The van der Waals surface area contributed by atoms with Crippen LogP contribution >= 0.6 is 0 Å². The molecule has 1 unspecified atom stereocenters. The third kappa shape index (κ3) is 7.25. The summed E-state index contributed by atoms with van der Waals surface area (Å²) in [5.74, 6) is -2.49. The second-order valence-electron chi connectivity index (χ2n) is 9.84. The molecule has 0 spiro atoms. The number of carbonyl (C=O) groups is 3. The lowest BCUT2D eigenvalue weighted by Crippen LogP contribution is -2.42. The Labute approximate surface area is 187 Å². The van der Waals surface area contributed by atoms with E-state index in [1.54, 1.807) is 47.6 Å². The first-order chi connectivity index (χ1) is 14.6. The molecule has 1 heterocycles. The maximum Gasteiger partial charge on any atom is 0.351 e. The first-order valence-electron chi connectivity index (χ1n) is 10.3. The molecule has 1 aliphatic rings. The second kappa shape index (κ2) is 9.18. The fraction of sp³-hybridized carbons (Fsp3) is 0.565. The van der Waals surface area contributed by atoms with Crippen molar-refractivity contribution in [2.45, 2.75) is 84.0 Å². The van der Waals surface area contributed by atoms with Gasteiger partial charge in [-0.3, -0.25) is 9.59 Å². The van der Waals surface area contributed by atoms with Crippen LogP contribution in [0, 0.1) is 0 Å². The van der Waals surface area contributed by atoms with Gasteiger partial charge in [-0.2, -0.15) is 0 Å². The van der Waals surface area contributed by atoms with Crippen LogP contribution in [0.2, 0.25) is 0 Å². The normalized spacial score (nSPS) is 18.5. The molecule has 1 aromatic rings. The van der Waals surface area contributed by atoms with Gasteiger partial charge in [0, 0.05) is 18.4 Å². The smallest absolute Gasteiger partial charge is 0.351 e. The summed E-state index contributed by atoms with van der Waals surface area (Å²) >= 11 is 0. The van der Waals surface area contributed by atoms with Gasteiger partial charge in [-0.1, -0.05) is 5.16 Å². The number of carboxylic acids is 1. The molecular weight excluding hydrogens is 418 g/mol. The van der Waals surface area contributed by atoms with Gasteiger partial charge in [0.25, 0.3) is 0 Å². The fourth-order valence-corrected chi connectivity index (χ4v) is 3.15. The van der Waals surface area contributed by atoms with Gasteiger partial charge < -0.3 is 24.5 Å². The van der Waals surface area contributed by atoms with Gasteiger partial charge in [0.15, 0.2) is 0 Å². The molecule has 1 aromatic carbocycles. The van der Waals surface area contributed by atoms with Crippen LogP contribution in [0.15, 0.2) is 23.4 Å². The summed E-state index contributed by atoms with van der Waals surface area (Å²) in [5, 5.41) is 23.7. The largest absolute Gasteiger partial charge is 0.508 e. The minimum Gasteiger partial charge on any atom is -0.508 e. The van der Waals surface area contributed by atoms with E-state index in [4.69, 9.17) is 14.3 Å². The third-order valence-corrected chi connectivity index (χ3v) is 4.37. The Morgan fingerprint density at radius 3 is 2.19 bits per heavy atom. The van der Waals surface area contributed by atoms with Crippen LogP contribution < -0.4 is 0 Å². The van der Waals surface area contributed by atoms with Gasteiger partial charge in [0.2, 0.25) is 5.60 Å². The number of carboxylic acid groups (broad SMARTS) is 1. The van der Waals surface area contributed by atoms with Crippen molar-refractivity contribution in [1.82, 2.24) is 0 Å². The fourth-order valence-electron chi connectivity index (χ4n) is 3.15. The highest BCUT2D eigenvalue weighted by Gasteiger charge is 2.50. The number of aryl methyl sites for hydroxylation is 1. The molecule has 0 bridgehead atoms. The number of hydrogen-bond acceptors (Lipinski definition) is 8. The monoisotopic (exact) mass is 449 g/mol. The highest BCUT2D eigenvalue weighted by atomic mass is 16.7. The molecular formula is C23H31NO8.